The van der Waals surface area contributed by atoms with Gasteiger partial charge in [0.15, 0.2) is 5.78 Å². The van der Waals surface area contributed by atoms with Crippen LogP contribution in [0.2, 0.25) is 0 Å². The van der Waals surface area contributed by atoms with Gasteiger partial charge in [-0.2, -0.15) is 0 Å². The van der Waals surface area contributed by atoms with E-state index in [1.165, 1.54) is 18.1 Å². The first-order valence-corrected chi connectivity index (χ1v) is 12.2. The van der Waals surface area contributed by atoms with Crippen LogP contribution in [0.5, 0.6) is 0 Å². The molecular weight excluding hydrogens is 387 g/mol. The number of hydrogen-bond donors (Lipinski definition) is 1. The summed E-state index contributed by atoms with van der Waals surface area (Å²) in [5.74, 6) is 1.86. The molecule has 0 spiro atoms. The van der Waals surface area contributed by atoms with E-state index in [1.54, 1.807) is 30.4 Å². The average Bonchev–Trinajstić information content (AvgIpc) is 3.11. The summed E-state index contributed by atoms with van der Waals surface area (Å²) >= 11 is 0. The van der Waals surface area contributed by atoms with Crippen molar-refractivity contribution >= 4 is 11.9 Å². The van der Waals surface area contributed by atoms with Gasteiger partial charge in [0, 0.05) is 11.5 Å². The normalized spacial score (nSPS) is 41.9. The largest absolute Gasteiger partial charge is 0.393 e. The Hall–Kier alpha value is -1.74. The summed E-state index contributed by atoms with van der Waals surface area (Å²) in [5.41, 5.74) is 2.26. The van der Waals surface area contributed by atoms with Crippen molar-refractivity contribution in [3.05, 3.63) is 53.4 Å². The molecule has 0 aliphatic heterocycles. The summed E-state index contributed by atoms with van der Waals surface area (Å²) in [6, 6.07) is 6.63. The first-order valence-electron chi connectivity index (χ1n) is 12.2. The van der Waals surface area contributed by atoms with Gasteiger partial charge in [0.25, 0.3) is 0 Å². The Bertz CT molecular complexity index is 933. The zero-order valence-corrected chi connectivity index (χ0v) is 18.8. The van der Waals surface area contributed by atoms with E-state index in [4.69, 9.17) is 0 Å². The molecule has 3 saturated carbocycles. The molecule has 166 valence electrons. The Labute approximate surface area is 185 Å². The summed E-state index contributed by atoms with van der Waals surface area (Å²) in [5, 5.41) is 10.2. The van der Waals surface area contributed by atoms with Gasteiger partial charge in [-0.1, -0.05) is 43.7 Å². The minimum Gasteiger partial charge on any atom is -0.393 e. The van der Waals surface area contributed by atoms with E-state index in [0.29, 0.717) is 23.3 Å². The van der Waals surface area contributed by atoms with Crippen molar-refractivity contribution in [1.29, 1.82) is 0 Å². The van der Waals surface area contributed by atoms with Gasteiger partial charge in [-0.05, 0) is 98.2 Å². The quantitative estimate of drug-likeness (QED) is 0.455. The lowest BCUT2D eigenvalue weighted by atomic mass is 9.47. The van der Waals surface area contributed by atoms with E-state index in [1.807, 2.05) is 0 Å². The van der Waals surface area contributed by atoms with Gasteiger partial charge in [0.1, 0.15) is 5.82 Å². The van der Waals surface area contributed by atoms with E-state index >= 15 is 0 Å². The highest BCUT2D eigenvalue weighted by atomic mass is 19.1. The highest BCUT2D eigenvalue weighted by Gasteiger charge is 2.59. The second-order valence-electron chi connectivity index (χ2n) is 11.1. The molecule has 1 aromatic carbocycles. The SMILES string of the molecule is C[C@]12CC[C@H]3[C@@H](CC=C4C[C@@H](O)CC[C@@]43C)[C@@H]1CC[C@@H]2C(=O)/C=C/c1ccccc1F. The fourth-order valence-corrected chi connectivity index (χ4v) is 8.01. The lowest BCUT2D eigenvalue weighted by Gasteiger charge is -2.57. The Balaban J connectivity index is 1.37. The van der Waals surface area contributed by atoms with E-state index in [2.05, 4.69) is 19.9 Å². The molecule has 0 aromatic heterocycles. The third-order valence-corrected chi connectivity index (χ3v) is 9.75. The van der Waals surface area contributed by atoms with Crippen molar-refractivity contribution in [2.24, 2.45) is 34.5 Å². The molecule has 0 saturated heterocycles. The van der Waals surface area contributed by atoms with Crippen LogP contribution < -0.4 is 0 Å². The number of aliphatic hydroxyl groups is 1. The van der Waals surface area contributed by atoms with Crippen LogP contribution >= 0.6 is 0 Å². The molecule has 0 heterocycles. The van der Waals surface area contributed by atoms with E-state index < -0.39 is 0 Å². The summed E-state index contributed by atoms with van der Waals surface area (Å²) in [6.07, 6.45) is 13.9. The van der Waals surface area contributed by atoms with Gasteiger partial charge in [0.05, 0.1) is 6.10 Å². The molecule has 4 aliphatic rings. The number of hydrogen-bond acceptors (Lipinski definition) is 2. The first-order chi connectivity index (χ1) is 14.8. The van der Waals surface area contributed by atoms with Crippen molar-refractivity contribution in [2.45, 2.75) is 71.3 Å². The number of aliphatic hydroxyl groups excluding tert-OH is 1. The molecule has 5 rings (SSSR count). The Morgan fingerprint density at radius 1 is 1.10 bits per heavy atom. The smallest absolute Gasteiger partial charge is 0.159 e. The molecule has 3 heteroatoms. The van der Waals surface area contributed by atoms with Gasteiger partial charge in [-0.25, -0.2) is 4.39 Å². The summed E-state index contributed by atoms with van der Waals surface area (Å²) in [7, 11) is 0. The van der Waals surface area contributed by atoms with E-state index in [9.17, 15) is 14.3 Å². The second kappa shape index (κ2) is 7.69. The van der Waals surface area contributed by atoms with Crippen LogP contribution in [0.25, 0.3) is 6.08 Å². The molecule has 1 N–H and O–H groups in total. The van der Waals surface area contributed by atoms with E-state index in [-0.39, 0.29) is 34.5 Å². The van der Waals surface area contributed by atoms with Crippen LogP contribution in [0.3, 0.4) is 0 Å². The number of ketones is 1. The lowest BCUT2D eigenvalue weighted by molar-refractivity contribution is -0.124. The third kappa shape index (κ3) is 3.35. The maximum atomic E-state index is 14.0. The van der Waals surface area contributed by atoms with Crippen LogP contribution in [0.4, 0.5) is 4.39 Å². The van der Waals surface area contributed by atoms with Gasteiger partial charge >= 0.3 is 0 Å². The van der Waals surface area contributed by atoms with Crippen LogP contribution in [-0.4, -0.2) is 17.0 Å². The van der Waals surface area contributed by atoms with Crippen molar-refractivity contribution in [3.8, 4) is 0 Å². The Morgan fingerprint density at radius 3 is 2.71 bits per heavy atom. The third-order valence-electron chi connectivity index (χ3n) is 9.75. The lowest BCUT2D eigenvalue weighted by Crippen LogP contribution is -2.50. The number of carbonyl (C=O) groups excluding carboxylic acids is 1. The average molecular weight is 423 g/mol. The maximum absolute atomic E-state index is 14.0. The Kier molecular flexibility index (Phi) is 5.24. The highest BCUT2D eigenvalue weighted by molar-refractivity contribution is 5.96. The number of halogens is 1. The fourth-order valence-electron chi connectivity index (χ4n) is 8.01. The minimum absolute atomic E-state index is 0.0489. The highest BCUT2D eigenvalue weighted by Crippen LogP contribution is 2.66. The van der Waals surface area contributed by atoms with Crippen LogP contribution in [-0.2, 0) is 4.79 Å². The summed E-state index contributed by atoms with van der Waals surface area (Å²) < 4.78 is 14.0. The molecule has 2 nitrogen and oxygen atoms in total. The molecule has 0 amide bonds. The predicted molar refractivity (Wildman–Crippen MR) is 122 cm³/mol. The van der Waals surface area contributed by atoms with E-state index in [0.717, 1.165) is 44.9 Å². The number of allylic oxidation sites excluding steroid dienone is 2. The summed E-state index contributed by atoms with van der Waals surface area (Å²) in [6.45, 7) is 4.80. The second-order valence-corrected chi connectivity index (χ2v) is 11.1. The first kappa shape index (κ1) is 21.1. The van der Waals surface area contributed by atoms with Crippen molar-refractivity contribution in [1.82, 2.24) is 0 Å². The number of carbonyl (C=O) groups is 1. The van der Waals surface area contributed by atoms with Crippen LogP contribution in [0.15, 0.2) is 42.0 Å². The Morgan fingerprint density at radius 2 is 1.90 bits per heavy atom. The minimum atomic E-state index is -0.279. The van der Waals surface area contributed by atoms with Crippen molar-refractivity contribution in [2.75, 3.05) is 0 Å². The number of rotatable bonds is 3. The fraction of sp³-hybridized carbons (Fsp3) is 0.607. The molecule has 0 radical (unpaired) electrons. The molecular formula is C28H35FO2. The maximum Gasteiger partial charge on any atom is 0.159 e. The van der Waals surface area contributed by atoms with Crippen molar-refractivity contribution < 1.29 is 14.3 Å². The molecule has 0 bridgehead atoms. The van der Waals surface area contributed by atoms with Gasteiger partial charge < -0.3 is 5.11 Å². The molecule has 4 aliphatic carbocycles. The molecule has 1 aromatic rings. The van der Waals surface area contributed by atoms with Gasteiger partial charge in [-0.15, -0.1) is 0 Å². The standard InChI is InChI=1S/C28H35FO2/c1-27-15-13-20(30)17-19(27)8-9-21-22-10-11-24(28(22,2)16-14-23(21)27)26(31)12-7-18-5-3-4-6-25(18)29/h3-8,12,20-24,30H,9-11,13-17H2,1-2H3/b12-7+/t20-,21-,22-,23-,24+,27-,28-/m0/s1. The predicted octanol–water partition coefficient (Wildman–Crippen LogP) is 6.35. The molecule has 0 unspecified atom stereocenters. The van der Waals surface area contributed by atoms with Crippen LogP contribution in [0.1, 0.15) is 70.8 Å². The van der Waals surface area contributed by atoms with Gasteiger partial charge in [0.2, 0.25) is 0 Å². The van der Waals surface area contributed by atoms with Crippen molar-refractivity contribution in [3.63, 3.8) is 0 Å². The topological polar surface area (TPSA) is 37.3 Å². The molecule has 31 heavy (non-hydrogen) atoms. The number of benzene rings is 1. The monoisotopic (exact) mass is 422 g/mol. The zero-order chi connectivity index (χ0) is 21.8. The molecule has 7 atom stereocenters. The van der Waals surface area contributed by atoms with Crippen LogP contribution in [0, 0.1) is 40.3 Å². The molecule has 3 fully saturated rings. The number of fused-ring (bicyclic) bond motifs is 5. The van der Waals surface area contributed by atoms with Gasteiger partial charge in [-0.3, -0.25) is 4.79 Å². The zero-order valence-electron chi connectivity index (χ0n) is 18.8. The summed E-state index contributed by atoms with van der Waals surface area (Å²) in [4.78, 5) is 13.2.